The molecular weight excluding hydrogens is 1340 g/mol. The standard InChI is InChI=1S/C85H142O16P2/c1-4-7-10-13-16-19-22-25-28-30-32-34-35-36-37-38-39-40-41-42-43-45-47-48-51-53-56-59-62-65-68-71-83(88)95-74-80(86)75-97-102(91,92)98-76-81(87)77-99-103(93,94)100-79-82(101-85(90)73-70-67-64-61-58-55-50-27-24-21-18-15-12-9-6-3)78-96-84(89)72-69-66-63-60-57-54-52-49-46-44-33-31-29-26-23-20-17-14-11-8-5-2/h7-8,10-11,16-21,25-29,32-34,36-37,39-40,44,49-50,52,80-82,86-87H,4-6,9,12-15,22-24,30-31,35,38,41-43,45-48,51,53-79H2,1-3H3,(H,91,92)(H,93,94)/b10-7-,11-8-,19-16-,20-17-,21-18-,28-25-,29-26-,34-32-,37-36-,40-39-,44-33-,50-27-,52-49-. The Balaban J connectivity index is 4.54. The van der Waals surface area contributed by atoms with Gasteiger partial charge in [-0.3, -0.25) is 32.5 Å². The number of hydrogen-bond donors (Lipinski definition) is 4. The van der Waals surface area contributed by atoms with E-state index in [1.807, 2.05) is 0 Å². The van der Waals surface area contributed by atoms with Gasteiger partial charge >= 0.3 is 33.6 Å². The normalized spacial score (nSPS) is 14.8. The van der Waals surface area contributed by atoms with Crippen molar-refractivity contribution in [1.82, 2.24) is 0 Å². The van der Waals surface area contributed by atoms with Crippen LogP contribution in [0.4, 0.5) is 0 Å². The van der Waals surface area contributed by atoms with Gasteiger partial charge in [0.05, 0.1) is 26.4 Å². The lowest BCUT2D eigenvalue weighted by molar-refractivity contribution is -0.161. The highest BCUT2D eigenvalue weighted by Crippen LogP contribution is 2.45. The van der Waals surface area contributed by atoms with Crippen molar-refractivity contribution in [2.45, 2.75) is 322 Å². The Morgan fingerprint density at radius 2 is 0.515 bits per heavy atom. The van der Waals surface area contributed by atoms with Crippen molar-refractivity contribution in [2.75, 3.05) is 39.6 Å². The van der Waals surface area contributed by atoms with Gasteiger partial charge in [0.25, 0.3) is 0 Å². The first-order chi connectivity index (χ1) is 50.2. The molecule has 4 N–H and O–H groups in total. The molecule has 0 fully saturated rings. The molecule has 0 aliphatic rings. The van der Waals surface area contributed by atoms with Gasteiger partial charge in [-0.25, -0.2) is 9.13 Å². The van der Waals surface area contributed by atoms with Crippen molar-refractivity contribution in [3.63, 3.8) is 0 Å². The van der Waals surface area contributed by atoms with Crippen molar-refractivity contribution in [2.24, 2.45) is 0 Å². The first-order valence-corrected chi connectivity index (χ1v) is 42.8. The summed E-state index contributed by atoms with van der Waals surface area (Å²) >= 11 is 0. The minimum absolute atomic E-state index is 0.0799. The van der Waals surface area contributed by atoms with Gasteiger partial charge in [0.1, 0.15) is 25.4 Å². The second-order valence-electron chi connectivity index (χ2n) is 26.1. The van der Waals surface area contributed by atoms with E-state index >= 15 is 0 Å². The zero-order valence-electron chi connectivity index (χ0n) is 64.2. The largest absolute Gasteiger partial charge is 0.472 e. The first-order valence-electron chi connectivity index (χ1n) is 39.8. The van der Waals surface area contributed by atoms with Crippen LogP contribution in [0.1, 0.15) is 303 Å². The number of rotatable bonds is 74. The van der Waals surface area contributed by atoms with Crippen molar-refractivity contribution in [1.29, 1.82) is 0 Å². The fourth-order valence-corrected chi connectivity index (χ4v) is 11.8. The Morgan fingerprint density at radius 3 is 0.816 bits per heavy atom. The highest BCUT2D eigenvalue weighted by Gasteiger charge is 2.29. The van der Waals surface area contributed by atoms with Gasteiger partial charge in [-0.15, -0.1) is 0 Å². The van der Waals surface area contributed by atoms with Crippen LogP contribution in [0.25, 0.3) is 0 Å². The Labute approximate surface area is 625 Å². The number of ether oxygens (including phenoxy) is 3. The van der Waals surface area contributed by atoms with Gasteiger partial charge in [-0.2, -0.15) is 0 Å². The smallest absolute Gasteiger partial charge is 0.463 e. The number of hydrogen-bond acceptors (Lipinski definition) is 14. The summed E-state index contributed by atoms with van der Waals surface area (Å²) in [4.78, 5) is 58.6. The van der Waals surface area contributed by atoms with Gasteiger partial charge in [0.2, 0.25) is 0 Å². The number of unbranched alkanes of at least 4 members (excludes halogenated alkanes) is 25. The maximum Gasteiger partial charge on any atom is 0.472 e. The van der Waals surface area contributed by atoms with Crippen molar-refractivity contribution < 1.29 is 75.8 Å². The first kappa shape index (κ1) is 98.2. The lowest BCUT2D eigenvalue weighted by atomic mass is 10.0. The molecule has 103 heavy (non-hydrogen) atoms. The lowest BCUT2D eigenvalue weighted by Crippen LogP contribution is -2.30. The minimum atomic E-state index is -4.94. The molecule has 0 amide bonds. The zero-order chi connectivity index (χ0) is 75.2. The van der Waals surface area contributed by atoms with E-state index in [0.717, 1.165) is 173 Å². The summed E-state index contributed by atoms with van der Waals surface area (Å²) in [5.41, 5.74) is 0. The molecule has 0 aliphatic carbocycles. The van der Waals surface area contributed by atoms with E-state index < -0.39 is 91.5 Å². The molecule has 588 valence electrons. The Bertz CT molecular complexity index is 2500. The molecule has 0 bridgehead atoms. The van der Waals surface area contributed by atoms with E-state index in [1.54, 1.807) is 0 Å². The fourth-order valence-electron chi connectivity index (χ4n) is 10.2. The average molecular weight is 1480 g/mol. The molecule has 0 aromatic rings. The van der Waals surface area contributed by atoms with E-state index in [0.29, 0.717) is 19.3 Å². The van der Waals surface area contributed by atoms with Crippen molar-refractivity contribution in [3.05, 3.63) is 158 Å². The summed E-state index contributed by atoms with van der Waals surface area (Å²) in [5.74, 6) is -1.62. The average Bonchev–Trinajstić information content (AvgIpc) is 0.922. The third-order valence-electron chi connectivity index (χ3n) is 16.2. The van der Waals surface area contributed by atoms with Crippen LogP contribution in [-0.4, -0.2) is 95.9 Å². The summed E-state index contributed by atoms with van der Waals surface area (Å²) in [7, 11) is -9.81. The molecule has 0 heterocycles. The Hall–Kier alpha value is -4.83. The molecule has 0 aliphatic heterocycles. The maximum atomic E-state index is 13.0. The van der Waals surface area contributed by atoms with E-state index in [9.17, 15) is 43.5 Å². The molecule has 0 spiro atoms. The van der Waals surface area contributed by atoms with Crippen LogP contribution >= 0.6 is 15.6 Å². The molecule has 0 aromatic heterocycles. The van der Waals surface area contributed by atoms with E-state index in [4.69, 9.17) is 32.3 Å². The third-order valence-corrected chi connectivity index (χ3v) is 18.1. The fraction of sp³-hybridized carbons (Fsp3) is 0.659. The van der Waals surface area contributed by atoms with Gasteiger partial charge in [0.15, 0.2) is 6.10 Å². The number of allylic oxidation sites excluding steroid dienone is 26. The topological polar surface area (TPSA) is 231 Å². The van der Waals surface area contributed by atoms with Crippen LogP contribution in [0.5, 0.6) is 0 Å². The van der Waals surface area contributed by atoms with Crippen LogP contribution in [-0.2, 0) is 55.8 Å². The van der Waals surface area contributed by atoms with Crippen LogP contribution in [0, 0.1) is 0 Å². The van der Waals surface area contributed by atoms with E-state index in [1.165, 1.54) is 70.6 Å². The van der Waals surface area contributed by atoms with Crippen LogP contribution in [0.3, 0.4) is 0 Å². The molecule has 0 saturated carbocycles. The second kappa shape index (κ2) is 76.8. The number of phosphoric acid groups is 2. The SMILES string of the molecule is CC/C=C\C/C=C\C/C=C\C/C=C\C/C=C\C/C=C\CCCCCCCCCCCCCCC(=O)OCC(O)COP(=O)(O)OCC(O)COP(=O)(O)OCC(COC(=O)CCCCCCC/C=C\C/C=C\C/C=C\C/C=C\C/C=C\CC)OC(=O)CCCCCCC/C=C\C/C=C\CCCCC. The quantitative estimate of drug-likeness (QED) is 0.0146. The molecule has 0 saturated heterocycles. The molecular formula is C85H142O16P2. The monoisotopic (exact) mass is 1480 g/mol. The predicted octanol–water partition coefficient (Wildman–Crippen LogP) is 23.4. The van der Waals surface area contributed by atoms with Gasteiger partial charge in [0, 0.05) is 19.3 Å². The summed E-state index contributed by atoms with van der Waals surface area (Å²) in [6.07, 6.45) is 95.7. The Morgan fingerprint density at radius 1 is 0.282 bits per heavy atom. The Kier molecular flexibility index (Phi) is 73.2. The summed E-state index contributed by atoms with van der Waals surface area (Å²) < 4.78 is 61.1. The third kappa shape index (κ3) is 78.1. The van der Waals surface area contributed by atoms with Crippen LogP contribution < -0.4 is 0 Å². The maximum absolute atomic E-state index is 13.0. The van der Waals surface area contributed by atoms with E-state index in [2.05, 4.69) is 179 Å². The van der Waals surface area contributed by atoms with Gasteiger partial charge in [-0.05, 0) is 148 Å². The van der Waals surface area contributed by atoms with Crippen LogP contribution in [0.2, 0.25) is 0 Å². The minimum Gasteiger partial charge on any atom is -0.463 e. The molecule has 18 heteroatoms. The summed E-state index contributed by atoms with van der Waals surface area (Å²) in [6, 6.07) is 0. The second-order valence-corrected chi connectivity index (χ2v) is 29.0. The number of phosphoric ester groups is 2. The number of esters is 3. The number of aliphatic hydroxyl groups excluding tert-OH is 2. The molecule has 0 aromatic carbocycles. The molecule has 0 radical (unpaired) electrons. The highest BCUT2D eigenvalue weighted by atomic mass is 31.2. The summed E-state index contributed by atoms with van der Waals surface area (Å²) in [6.45, 7) is 2.38. The number of carbonyl (C=O) groups excluding carboxylic acids is 3. The molecule has 5 atom stereocenters. The van der Waals surface area contributed by atoms with Crippen molar-refractivity contribution >= 4 is 33.6 Å². The lowest BCUT2D eigenvalue weighted by Gasteiger charge is -2.21. The number of carbonyl (C=O) groups is 3. The van der Waals surface area contributed by atoms with Gasteiger partial charge in [-0.1, -0.05) is 294 Å². The molecule has 16 nitrogen and oxygen atoms in total. The molecule has 5 unspecified atom stereocenters. The summed E-state index contributed by atoms with van der Waals surface area (Å²) in [5, 5.41) is 20.6. The van der Waals surface area contributed by atoms with Gasteiger partial charge < -0.3 is 34.2 Å². The molecule has 0 rings (SSSR count). The predicted molar refractivity (Wildman–Crippen MR) is 426 cm³/mol. The van der Waals surface area contributed by atoms with Crippen LogP contribution in [0.15, 0.2) is 158 Å². The van der Waals surface area contributed by atoms with E-state index in [-0.39, 0.29) is 19.3 Å². The number of aliphatic hydroxyl groups is 2. The zero-order valence-corrected chi connectivity index (χ0v) is 66.0. The highest BCUT2D eigenvalue weighted by molar-refractivity contribution is 7.47. The van der Waals surface area contributed by atoms with Crippen molar-refractivity contribution in [3.8, 4) is 0 Å².